The van der Waals surface area contributed by atoms with Crippen molar-refractivity contribution in [2.45, 2.75) is 52.1 Å². The Balaban J connectivity index is 2.20. The predicted octanol–water partition coefficient (Wildman–Crippen LogP) is 4.89. The van der Waals surface area contributed by atoms with Crippen LogP contribution in [0, 0.1) is 5.92 Å². The van der Waals surface area contributed by atoms with Gasteiger partial charge in [-0.25, -0.2) is 0 Å². The van der Waals surface area contributed by atoms with Gasteiger partial charge in [0.25, 0.3) is 0 Å². The van der Waals surface area contributed by atoms with Crippen LogP contribution in [0.2, 0.25) is 5.02 Å². The Kier molecular flexibility index (Phi) is 4.87. The molecule has 0 aromatic heterocycles. The lowest BCUT2D eigenvalue weighted by Gasteiger charge is -2.31. The lowest BCUT2D eigenvalue weighted by atomic mass is 9.84. The van der Waals surface area contributed by atoms with Crippen molar-refractivity contribution in [3.63, 3.8) is 0 Å². The molecule has 3 heteroatoms. The van der Waals surface area contributed by atoms with Crippen LogP contribution < -0.4 is 4.74 Å². The Morgan fingerprint density at radius 3 is 2.79 bits per heavy atom. The van der Waals surface area contributed by atoms with E-state index < -0.39 is 0 Å². The van der Waals surface area contributed by atoms with Gasteiger partial charge >= 0.3 is 0 Å². The van der Waals surface area contributed by atoms with E-state index >= 15 is 0 Å². The van der Waals surface area contributed by atoms with Crippen molar-refractivity contribution in [2.75, 3.05) is 0 Å². The van der Waals surface area contributed by atoms with Crippen LogP contribution >= 0.6 is 11.6 Å². The number of carbonyl (C=O) groups is 1. The van der Waals surface area contributed by atoms with Crippen molar-refractivity contribution in [1.29, 1.82) is 0 Å². The second kappa shape index (κ2) is 6.42. The van der Waals surface area contributed by atoms with Gasteiger partial charge in [0.1, 0.15) is 11.9 Å². The number of carbonyl (C=O) groups excluding carboxylic acids is 1. The molecule has 104 valence electrons. The summed E-state index contributed by atoms with van der Waals surface area (Å²) in [6.45, 7) is 3.76. The van der Waals surface area contributed by atoms with E-state index in [2.05, 4.69) is 6.92 Å². The molecular weight excluding hydrogens is 260 g/mol. The number of benzene rings is 1. The van der Waals surface area contributed by atoms with Crippen LogP contribution in [-0.4, -0.2) is 11.9 Å². The molecule has 0 radical (unpaired) electrons. The molecule has 2 nitrogen and oxygen atoms in total. The molecule has 2 unspecified atom stereocenters. The quantitative estimate of drug-likeness (QED) is 0.734. The molecule has 0 amide bonds. The SMILES string of the molecule is CCC1CCCCC1Oc1ccc(Cl)cc1C(C)=O. The van der Waals surface area contributed by atoms with Crippen LogP contribution in [0.25, 0.3) is 0 Å². The molecule has 0 spiro atoms. The Labute approximate surface area is 120 Å². The molecule has 1 saturated carbocycles. The molecule has 0 heterocycles. The number of hydrogen-bond donors (Lipinski definition) is 0. The van der Waals surface area contributed by atoms with Gasteiger partial charge in [0.2, 0.25) is 0 Å². The normalized spacial score (nSPS) is 23.1. The molecule has 0 saturated heterocycles. The number of halogens is 1. The average molecular weight is 281 g/mol. The predicted molar refractivity (Wildman–Crippen MR) is 78.1 cm³/mol. The van der Waals surface area contributed by atoms with Crippen molar-refractivity contribution in [2.24, 2.45) is 5.92 Å². The minimum atomic E-state index is 0.00126. The fourth-order valence-electron chi connectivity index (χ4n) is 2.84. The van der Waals surface area contributed by atoms with Gasteiger partial charge < -0.3 is 4.74 Å². The molecule has 1 fully saturated rings. The lowest BCUT2D eigenvalue weighted by molar-refractivity contribution is 0.0866. The van der Waals surface area contributed by atoms with E-state index in [1.54, 1.807) is 19.1 Å². The van der Waals surface area contributed by atoms with E-state index in [-0.39, 0.29) is 11.9 Å². The van der Waals surface area contributed by atoms with Gasteiger partial charge in [-0.1, -0.05) is 24.9 Å². The smallest absolute Gasteiger partial charge is 0.163 e. The van der Waals surface area contributed by atoms with E-state index in [0.717, 1.165) is 12.8 Å². The van der Waals surface area contributed by atoms with Crippen molar-refractivity contribution < 1.29 is 9.53 Å². The summed E-state index contributed by atoms with van der Waals surface area (Å²) in [5.74, 6) is 1.29. The maximum atomic E-state index is 11.7. The van der Waals surface area contributed by atoms with Gasteiger partial charge in [-0.05, 0) is 56.7 Å². The summed E-state index contributed by atoms with van der Waals surface area (Å²) in [5, 5.41) is 0.577. The van der Waals surface area contributed by atoms with Crippen LogP contribution in [0.4, 0.5) is 0 Å². The largest absolute Gasteiger partial charge is 0.489 e. The maximum Gasteiger partial charge on any atom is 0.163 e. The summed E-state index contributed by atoms with van der Waals surface area (Å²) in [5.41, 5.74) is 0.591. The second-order valence-corrected chi connectivity index (χ2v) is 5.74. The summed E-state index contributed by atoms with van der Waals surface area (Å²) in [6.07, 6.45) is 6.18. The minimum Gasteiger partial charge on any atom is -0.489 e. The number of Topliss-reactive ketones (excluding diaryl/α,β-unsaturated/α-hetero) is 1. The fraction of sp³-hybridized carbons (Fsp3) is 0.562. The highest BCUT2D eigenvalue weighted by Gasteiger charge is 2.26. The number of ketones is 1. The molecule has 1 aliphatic rings. The molecular formula is C16H21ClO2. The van der Waals surface area contributed by atoms with Crippen LogP contribution in [0.15, 0.2) is 18.2 Å². The molecule has 0 bridgehead atoms. The van der Waals surface area contributed by atoms with Crippen molar-refractivity contribution in [3.05, 3.63) is 28.8 Å². The van der Waals surface area contributed by atoms with E-state index in [1.165, 1.54) is 19.3 Å². The van der Waals surface area contributed by atoms with Crippen LogP contribution in [0.5, 0.6) is 5.75 Å². The third-order valence-corrected chi connectivity index (χ3v) is 4.20. The standard InChI is InChI=1S/C16H21ClO2/c1-3-12-6-4-5-7-15(12)19-16-9-8-13(17)10-14(16)11(2)18/h8-10,12,15H,3-7H2,1-2H3. The highest BCUT2D eigenvalue weighted by Crippen LogP contribution is 2.32. The number of hydrogen-bond acceptors (Lipinski definition) is 2. The Bertz CT molecular complexity index is 456. The van der Waals surface area contributed by atoms with Gasteiger partial charge in [0.05, 0.1) is 5.56 Å². The monoisotopic (exact) mass is 280 g/mol. The number of rotatable bonds is 4. The summed E-state index contributed by atoms with van der Waals surface area (Å²) in [4.78, 5) is 11.7. The molecule has 2 atom stereocenters. The molecule has 1 aromatic rings. The molecule has 0 N–H and O–H groups in total. The average Bonchev–Trinajstić information content (AvgIpc) is 2.41. The third-order valence-electron chi connectivity index (χ3n) is 3.96. The zero-order chi connectivity index (χ0) is 13.8. The zero-order valence-electron chi connectivity index (χ0n) is 11.6. The van der Waals surface area contributed by atoms with E-state index in [9.17, 15) is 4.79 Å². The van der Waals surface area contributed by atoms with Crippen LogP contribution in [0.1, 0.15) is 56.3 Å². The lowest BCUT2D eigenvalue weighted by Crippen LogP contribution is -2.30. The Hall–Kier alpha value is -1.02. The first-order valence-electron chi connectivity index (χ1n) is 7.09. The third kappa shape index (κ3) is 3.50. The van der Waals surface area contributed by atoms with Crippen LogP contribution in [-0.2, 0) is 0 Å². The van der Waals surface area contributed by atoms with Gasteiger partial charge in [0, 0.05) is 5.02 Å². The summed E-state index contributed by atoms with van der Waals surface area (Å²) in [6, 6.07) is 5.30. The van der Waals surface area contributed by atoms with Crippen molar-refractivity contribution >= 4 is 17.4 Å². The van der Waals surface area contributed by atoms with Crippen molar-refractivity contribution in [1.82, 2.24) is 0 Å². The fourth-order valence-corrected chi connectivity index (χ4v) is 3.01. The van der Waals surface area contributed by atoms with Gasteiger partial charge in [0.15, 0.2) is 5.78 Å². The van der Waals surface area contributed by atoms with Crippen LogP contribution in [0.3, 0.4) is 0 Å². The Morgan fingerprint density at radius 1 is 1.37 bits per heavy atom. The minimum absolute atomic E-state index is 0.00126. The molecule has 0 aliphatic heterocycles. The van der Waals surface area contributed by atoms with E-state index in [4.69, 9.17) is 16.3 Å². The zero-order valence-corrected chi connectivity index (χ0v) is 12.4. The topological polar surface area (TPSA) is 26.3 Å². The first kappa shape index (κ1) is 14.4. The molecule has 1 aliphatic carbocycles. The molecule has 2 rings (SSSR count). The van der Waals surface area contributed by atoms with Gasteiger partial charge in [-0.3, -0.25) is 4.79 Å². The van der Waals surface area contributed by atoms with Crippen molar-refractivity contribution in [3.8, 4) is 5.75 Å². The highest BCUT2D eigenvalue weighted by molar-refractivity contribution is 6.31. The highest BCUT2D eigenvalue weighted by atomic mass is 35.5. The molecule has 19 heavy (non-hydrogen) atoms. The summed E-state index contributed by atoms with van der Waals surface area (Å²) >= 11 is 5.95. The summed E-state index contributed by atoms with van der Waals surface area (Å²) < 4.78 is 6.13. The van der Waals surface area contributed by atoms with Gasteiger partial charge in [-0.15, -0.1) is 0 Å². The van der Waals surface area contributed by atoms with E-state index in [1.807, 2.05) is 6.07 Å². The number of ether oxygens (including phenoxy) is 1. The molecule has 1 aromatic carbocycles. The van der Waals surface area contributed by atoms with E-state index in [0.29, 0.717) is 22.3 Å². The van der Waals surface area contributed by atoms with Gasteiger partial charge in [-0.2, -0.15) is 0 Å². The maximum absolute atomic E-state index is 11.7. The summed E-state index contributed by atoms with van der Waals surface area (Å²) in [7, 11) is 0. The Morgan fingerprint density at radius 2 is 2.11 bits per heavy atom. The second-order valence-electron chi connectivity index (χ2n) is 5.31. The first-order valence-corrected chi connectivity index (χ1v) is 7.46. The first-order chi connectivity index (χ1) is 9.11.